The smallest absolute Gasteiger partial charge is 0.250 e. The highest BCUT2D eigenvalue weighted by atomic mass is 16.5. The highest BCUT2D eigenvalue weighted by Gasteiger charge is 2.31. The van der Waals surface area contributed by atoms with Crippen LogP contribution < -0.4 is 5.32 Å². The van der Waals surface area contributed by atoms with Gasteiger partial charge < -0.3 is 10.1 Å². The van der Waals surface area contributed by atoms with Crippen LogP contribution in [0.25, 0.3) is 0 Å². The van der Waals surface area contributed by atoms with Gasteiger partial charge in [-0.05, 0) is 38.8 Å². The van der Waals surface area contributed by atoms with E-state index in [-0.39, 0.29) is 12.0 Å². The number of carbonyl (C=O) groups excluding carboxylic acids is 1. The van der Waals surface area contributed by atoms with Crippen molar-refractivity contribution in [2.24, 2.45) is 0 Å². The van der Waals surface area contributed by atoms with Crippen molar-refractivity contribution in [1.82, 2.24) is 15.1 Å². The van der Waals surface area contributed by atoms with Crippen molar-refractivity contribution in [3.8, 4) is 0 Å². The Hall–Kier alpha value is -0.650. The number of ether oxygens (including phenoxy) is 1. The Morgan fingerprint density at radius 2 is 1.91 bits per heavy atom. The zero-order valence-electron chi connectivity index (χ0n) is 14.6. The van der Waals surface area contributed by atoms with Crippen LogP contribution >= 0.6 is 0 Å². The minimum absolute atomic E-state index is 0.0960. The lowest BCUT2D eigenvalue weighted by atomic mass is 9.92. The molecule has 0 unspecified atom stereocenters. The van der Waals surface area contributed by atoms with Gasteiger partial charge in [-0.3, -0.25) is 14.6 Å². The molecule has 2 saturated heterocycles. The van der Waals surface area contributed by atoms with Crippen LogP contribution in [0.15, 0.2) is 0 Å². The Morgan fingerprint density at radius 1 is 1.09 bits per heavy atom. The molecule has 2 aliphatic heterocycles. The number of nitrogens with one attached hydrogen (secondary N) is 1. The molecule has 0 aromatic heterocycles. The van der Waals surface area contributed by atoms with Crippen LogP contribution in [0, 0.1) is 0 Å². The van der Waals surface area contributed by atoms with E-state index < -0.39 is 0 Å². The summed E-state index contributed by atoms with van der Waals surface area (Å²) < 4.78 is 5.69. The molecule has 23 heavy (non-hydrogen) atoms. The van der Waals surface area contributed by atoms with Gasteiger partial charge in [-0.2, -0.15) is 0 Å². The minimum Gasteiger partial charge on any atom is -0.366 e. The first-order valence-corrected chi connectivity index (χ1v) is 9.64. The van der Waals surface area contributed by atoms with Crippen molar-refractivity contribution in [2.75, 3.05) is 39.3 Å². The Balaban J connectivity index is 1.47. The minimum atomic E-state index is -0.284. The van der Waals surface area contributed by atoms with E-state index in [1.807, 2.05) is 0 Å². The molecule has 132 valence electrons. The first kappa shape index (κ1) is 17.2. The van der Waals surface area contributed by atoms with Crippen molar-refractivity contribution in [3.05, 3.63) is 0 Å². The van der Waals surface area contributed by atoms with Gasteiger partial charge in [0.15, 0.2) is 0 Å². The number of carbonyl (C=O) groups is 1. The Kier molecular flexibility index (Phi) is 6.31. The van der Waals surface area contributed by atoms with Gasteiger partial charge >= 0.3 is 0 Å². The second-order valence-corrected chi connectivity index (χ2v) is 7.39. The average molecular weight is 323 g/mol. The summed E-state index contributed by atoms with van der Waals surface area (Å²) in [7, 11) is 0. The molecule has 2 atom stereocenters. The van der Waals surface area contributed by atoms with E-state index in [4.69, 9.17) is 4.74 Å². The summed E-state index contributed by atoms with van der Waals surface area (Å²) >= 11 is 0. The number of morpholine rings is 1. The van der Waals surface area contributed by atoms with Gasteiger partial charge in [0.2, 0.25) is 0 Å². The standard InChI is InChI=1S/C18H33N3O2/c1-2-20-11-12-23-17(14-20)18(22)19-15-7-6-10-21(13-15)16-8-4-3-5-9-16/h15-17H,2-14H2,1H3,(H,19,22)/t15-,17+/m1/s1. The van der Waals surface area contributed by atoms with E-state index >= 15 is 0 Å². The number of hydrogen-bond acceptors (Lipinski definition) is 4. The molecule has 0 aromatic rings. The number of piperidine rings is 1. The van der Waals surface area contributed by atoms with E-state index in [0.717, 1.165) is 38.6 Å². The molecule has 5 nitrogen and oxygen atoms in total. The molecule has 1 saturated carbocycles. The SMILES string of the molecule is CCN1CCO[C@H](C(=O)N[C@@H]2CCCN(C3CCCCC3)C2)C1. The topological polar surface area (TPSA) is 44.8 Å². The number of amides is 1. The highest BCUT2D eigenvalue weighted by molar-refractivity contribution is 5.81. The molecule has 1 aliphatic carbocycles. The summed E-state index contributed by atoms with van der Waals surface area (Å²) in [6, 6.07) is 1.06. The summed E-state index contributed by atoms with van der Waals surface area (Å²) in [4.78, 5) is 17.5. The second kappa shape index (κ2) is 8.45. The Bertz CT molecular complexity index is 384. The number of hydrogen-bond donors (Lipinski definition) is 1. The fraction of sp³-hybridized carbons (Fsp3) is 0.944. The molecule has 3 aliphatic rings. The van der Waals surface area contributed by atoms with Crippen molar-refractivity contribution in [3.63, 3.8) is 0 Å². The van der Waals surface area contributed by atoms with Crippen LogP contribution in [0.4, 0.5) is 0 Å². The van der Waals surface area contributed by atoms with E-state index in [1.165, 1.54) is 45.1 Å². The summed E-state index contributed by atoms with van der Waals surface area (Å²) in [6.45, 7) is 7.72. The van der Waals surface area contributed by atoms with E-state index in [9.17, 15) is 4.79 Å². The summed E-state index contributed by atoms with van der Waals surface area (Å²) in [5, 5.41) is 3.27. The van der Waals surface area contributed by atoms with Gasteiger partial charge in [0.1, 0.15) is 6.10 Å². The van der Waals surface area contributed by atoms with Crippen LogP contribution in [0.2, 0.25) is 0 Å². The van der Waals surface area contributed by atoms with Gasteiger partial charge in [-0.1, -0.05) is 26.2 Å². The van der Waals surface area contributed by atoms with Crippen molar-refractivity contribution in [1.29, 1.82) is 0 Å². The lowest BCUT2D eigenvalue weighted by Crippen LogP contribution is -2.56. The molecule has 0 spiro atoms. The number of rotatable bonds is 4. The molecular formula is C18H33N3O2. The molecule has 2 heterocycles. The molecule has 1 amide bonds. The number of nitrogens with zero attached hydrogens (tertiary/aromatic N) is 2. The van der Waals surface area contributed by atoms with E-state index in [2.05, 4.69) is 22.0 Å². The third-order valence-corrected chi connectivity index (χ3v) is 5.78. The lowest BCUT2D eigenvalue weighted by molar-refractivity contribution is -0.139. The first-order chi connectivity index (χ1) is 11.3. The van der Waals surface area contributed by atoms with Crippen LogP contribution in [-0.2, 0) is 9.53 Å². The van der Waals surface area contributed by atoms with E-state index in [0.29, 0.717) is 12.6 Å². The van der Waals surface area contributed by atoms with Crippen LogP contribution in [0.3, 0.4) is 0 Å². The van der Waals surface area contributed by atoms with Crippen molar-refractivity contribution in [2.45, 2.75) is 70.1 Å². The number of likely N-dealkylation sites (tertiary alicyclic amines) is 1. The molecule has 0 bridgehead atoms. The fourth-order valence-corrected chi connectivity index (χ4v) is 4.34. The zero-order chi connectivity index (χ0) is 16.1. The molecule has 1 N–H and O–H groups in total. The van der Waals surface area contributed by atoms with Gasteiger partial charge in [0.05, 0.1) is 6.61 Å². The van der Waals surface area contributed by atoms with Crippen LogP contribution in [0.1, 0.15) is 51.9 Å². The highest BCUT2D eigenvalue weighted by Crippen LogP contribution is 2.25. The Labute approximate surface area is 140 Å². The maximum absolute atomic E-state index is 12.5. The average Bonchev–Trinajstić information content (AvgIpc) is 2.63. The summed E-state index contributed by atoms with van der Waals surface area (Å²) in [6.07, 6.45) is 8.87. The quantitative estimate of drug-likeness (QED) is 0.854. The van der Waals surface area contributed by atoms with E-state index in [1.54, 1.807) is 0 Å². The predicted octanol–water partition coefficient (Wildman–Crippen LogP) is 1.62. The lowest BCUT2D eigenvalue weighted by Gasteiger charge is -2.40. The molecule has 3 fully saturated rings. The summed E-state index contributed by atoms with van der Waals surface area (Å²) in [5.41, 5.74) is 0. The van der Waals surface area contributed by atoms with Crippen molar-refractivity contribution >= 4 is 5.91 Å². The molecular weight excluding hydrogens is 290 g/mol. The maximum Gasteiger partial charge on any atom is 0.250 e. The summed E-state index contributed by atoms with van der Waals surface area (Å²) in [5.74, 6) is 0.0960. The van der Waals surface area contributed by atoms with Crippen LogP contribution in [-0.4, -0.2) is 73.2 Å². The predicted molar refractivity (Wildman–Crippen MR) is 91.5 cm³/mol. The normalized spacial score (nSPS) is 31.9. The van der Waals surface area contributed by atoms with Gasteiger partial charge in [0.25, 0.3) is 5.91 Å². The molecule has 0 radical (unpaired) electrons. The monoisotopic (exact) mass is 323 g/mol. The number of likely N-dealkylation sites (N-methyl/N-ethyl adjacent to an activating group) is 1. The maximum atomic E-state index is 12.5. The molecule has 0 aromatic carbocycles. The fourth-order valence-electron chi connectivity index (χ4n) is 4.34. The van der Waals surface area contributed by atoms with Crippen molar-refractivity contribution < 1.29 is 9.53 Å². The first-order valence-electron chi connectivity index (χ1n) is 9.64. The van der Waals surface area contributed by atoms with Gasteiger partial charge in [-0.25, -0.2) is 0 Å². The largest absolute Gasteiger partial charge is 0.366 e. The molecule has 5 heteroatoms. The zero-order valence-corrected chi connectivity index (χ0v) is 14.6. The van der Waals surface area contributed by atoms with Gasteiger partial charge in [0, 0.05) is 31.7 Å². The molecule has 3 rings (SSSR count). The third kappa shape index (κ3) is 4.68. The van der Waals surface area contributed by atoms with Crippen LogP contribution in [0.5, 0.6) is 0 Å². The Morgan fingerprint density at radius 3 is 2.70 bits per heavy atom. The van der Waals surface area contributed by atoms with Gasteiger partial charge in [-0.15, -0.1) is 0 Å². The second-order valence-electron chi connectivity index (χ2n) is 7.39. The third-order valence-electron chi connectivity index (χ3n) is 5.78.